The summed E-state index contributed by atoms with van der Waals surface area (Å²) in [6, 6.07) is 2.69. The Hall–Kier alpha value is -1.13. The number of anilines is 1. The zero-order valence-corrected chi connectivity index (χ0v) is 14.0. The van der Waals surface area contributed by atoms with Crippen molar-refractivity contribution in [3.05, 3.63) is 24.0 Å². The normalized spacial score (nSPS) is 20.8. The van der Waals surface area contributed by atoms with Gasteiger partial charge in [-0.3, -0.25) is 4.98 Å². The molecule has 1 aliphatic heterocycles. The topological polar surface area (TPSA) is 31.4 Å². The van der Waals surface area contributed by atoms with Crippen molar-refractivity contribution in [2.45, 2.75) is 39.8 Å². The number of likely N-dealkylation sites (N-methyl/N-ethyl adjacent to an activating group) is 1. The highest BCUT2D eigenvalue weighted by Crippen LogP contribution is 2.23. The van der Waals surface area contributed by atoms with Crippen molar-refractivity contribution >= 4 is 5.69 Å². The molecule has 1 aromatic rings. The van der Waals surface area contributed by atoms with Crippen LogP contribution in [0, 0.1) is 5.92 Å². The Kier molecular flexibility index (Phi) is 6.00. The van der Waals surface area contributed by atoms with Crippen molar-refractivity contribution in [3.63, 3.8) is 0 Å². The van der Waals surface area contributed by atoms with Crippen LogP contribution in [-0.2, 0) is 6.54 Å². The summed E-state index contributed by atoms with van der Waals surface area (Å²) in [7, 11) is 2.22. The molecule has 4 heteroatoms. The second-order valence-electron chi connectivity index (χ2n) is 6.69. The molecular weight excluding hydrogens is 260 g/mol. The van der Waals surface area contributed by atoms with Crippen LogP contribution >= 0.6 is 0 Å². The first kappa shape index (κ1) is 16.2. The first-order valence-electron chi connectivity index (χ1n) is 8.16. The van der Waals surface area contributed by atoms with Crippen LogP contribution in [0.2, 0.25) is 0 Å². The van der Waals surface area contributed by atoms with Crippen molar-refractivity contribution in [1.29, 1.82) is 0 Å². The van der Waals surface area contributed by atoms with Crippen molar-refractivity contribution in [1.82, 2.24) is 15.2 Å². The number of pyridine rings is 1. The monoisotopic (exact) mass is 290 g/mol. The molecule has 1 fully saturated rings. The van der Waals surface area contributed by atoms with E-state index < -0.39 is 0 Å². The Morgan fingerprint density at radius 1 is 1.38 bits per heavy atom. The predicted octanol–water partition coefficient (Wildman–Crippen LogP) is 2.36. The molecule has 2 heterocycles. The fourth-order valence-electron chi connectivity index (χ4n) is 3.05. The molecule has 4 nitrogen and oxygen atoms in total. The van der Waals surface area contributed by atoms with E-state index in [2.05, 4.69) is 54.0 Å². The summed E-state index contributed by atoms with van der Waals surface area (Å²) in [4.78, 5) is 9.32. The third-order valence-electron chi connectivity index (χ3n) is 4.11. The molecule has 1 unspecified atom stereocenters. The zero-order chi connectivity index (χ0) is 15.2. The zero-order valence-electron chi connectivity index (χ0n) is 14.0. The first-order chi connectivity index (χ1) is 10.1. The largest absolute Gasteiger partial charge is 0.366 e. The van der Waals surface area contributed by atoms with E-state index in [0.29, 0.717) is 12.0 Å². The van der Waals surface area contributed by atoms with Crippen LogP contribution in [0.15, 0.2) is 18.5 Å². The minimum Gasteiger partial charge on any atom is -0.366 e. The van der Waals surface area contributed by atoms with Gasteiger partial charge in [-0.2, -0.15) is 0 Å². The van der Waals surface area contributed by atoms with Gasteiger partial charge in [-0.1, -0.05) is 13.8 Å². The van der Waals surface area contributed by atoms with Gasteiger partial charge in [0.25, 0.3) is 0 Å². The van der Waals surface area contributed by atoms with Gasteiger partial charge in [0, 0.05) is 31.9 Å². The van der Waals surface area contributed by atoms with Crippen LogP contribution in [-0.4, -0.2) is 49.2 Å². The molecule has 0 saturated carbocycles. The molecule has 0 aliphatic carbocycles. The van der Waals surface area contributed by atoms with E-state index in [1.165, 1.54) is 24.2 Å². The summed E-state index contributed by atoms with van der Waals surface area (Å²) in [5.74, 6) is 0.682. The smallest absolute Gasteiger partial charge is 0.0601 e. The summed E-state index contributed by atoms with van der Waals surface area (Å²) in [5.41, 5.74) is 2.67. The van der Waals surface area contributed by atoms with Crippen molar-refractivity contribution in [2.24, 2.45) is 5.92 Å². The second kappa shape index (κ2) is 7.76. The molecule has 1 N–H and O–H groups in total. The van der Waals surface area contributed by atoms with E-state index in [1.807, 2.05) is 12.4 Å². The SMILES string of the molecule is CC(C)CNCc1ccncc1N1CCCN(C)CC1C. The number of rotatable bonds is 5. The summed E-state index contributed by atoms with van der Waals surface area (Å²) in [6.07, 6.45) is 5.16. The van der Waals surface area contributed by atoms with Gasteiger partial charge >= 0.3 is 0 Å². The van der Waals surface area contributed by atoms with Crippen molar-refractivity contribution in [2.75, 3.05) is 38.1 Å². The Balaban J connectivity index is 2.10. The van der Waals surface area contributed by atoms with Crippen molar-refractivity contribution in [3.8, 4) is 0 Å². The van der Waals surface area contributed by atoms with Gasteiger partial charge in [0.1, 0.15) is 0 Å². The number of hydrogen-bond acceptors (Lipinski definition) is 4. The van der Waals surface area contributed by atoms with E-state index in [-0.39, 0.29) is 0 Å². The molecular formula is C17H30N4. The van der Waals surface area contributed by atoms with Gasteiger partial charge in [0.2, 0.25) is 0 Å². The minimum absolute atomic E-state index is 0.533. The van der Waals surface area contributed by atoms with Gasteiger partial charge < -0.3 is 15.1 Å². The van der Waals surface area contributed by atoms with Crippen LogP contribution in [0.5, 0.6) is 0 Å². The van der Waals surface area contributed by atoms with Crippen molar-refractivity contribution < 1.29 is 0 Å². The predicted molar refractivity (Wildman–Crippen MR) is 89.7 cm³/mol. The van der Waals surface area contributed by atoms with Gasteiger partial charge in [0.15, 0.2) is 0 Å². The molecule has 2 rings (SSSR count). The molecule has 21 heavy (non-hydrogen) atoms. The van der Waals surface area contributed by atoms with Gasteiger partial charge in [-0.15, -0.1) is 0 Å². The lowest BCUT2D eigenvalue weighted by Gasteiger charge is -2.31. The van der Waals surface area contributed by atoms with E-state index in [1.54, 1.807) is 0 Å². The fraction of sp³-hybridized carbons (Fsp3) is 0.706. The summed E-state index contributed by atoms with van der Waals surface area (Å²) in [5, 5.41) is 3.55. The maximum absolute atomic E-state index is 4.36. The highest BCUT2D eigenvalue weighted by molar-refractivity contribution is 5.52. The molecule has 1 aliphatic rings. The molecule has 1 saturated heterocycles. The number of hydrogen-bond donors (Lipinski definition) is 1. The van der Waals surface area contributed by atoms with Crippen LogP contribution in [0.1, 0.15) is 32.8 Å². The van der Waals surface area contributed by atoms with Gasteiger partial charge in [-0.05, 0) is 51.0 Å². The number of nitrogens with zero attached hydrogens (tertiary/aromatic N) is 3. The number of aromatic nitrogens is 1. The molecule has 118 valence electrons. The fourth-order valence-corrected chi connectivity index (χ4v) is 3.05. The molecule has 0 amide bonds. The summed E-state index contributed by atoms with van der Waals surface area (Å²) >= 11 is 0. The van der Waals surface area contributed by atoms with Crippen LogP contribution in [0.25, 0.3) is 0 Å². The van der Waals surface area contributed by atoms with Gasteiger partial charge in [0.05, 0.1) is 11.9 Å². The van der Waals surface area contributed by atoms with E-state index in [4.69, 9.17) is 0 Å². The average molecular weight is 290 g/mol. The molecule has 0 radical (unpaired) electrons. The molecule has 0 spiro atoms. The summed E-state index contributed by atoms with van der Waals surface area (Å²) < 4.78 is 0. The van der Waals surface area contributed by atoms with Crippen LogP contribution in [0.4, 0.5) is 5.69 Å². The maximum atomic E-state index is 4.36. The lowest BCUT2D eigenvalue weighted by molar-refractivity contribution is 0.337. The van der Waals surface area contributed by atoms with E-state index >= 15 is 0 Å². The maximum Gasteiger partial charge on any atom is 0.0601 e. The average Bonchev–Trinajstić information content (AvgIpc) is 2.59. The Morgan fingerprint density at radius 2 is 2.19 bits per heavy atom. The van der Waals surface area contributed by atoms with Gasteiger partial charge in [-0.25, -0.2) is 0 Å². The van der Waals surface area contributed by atoms with E-state index in [0.717, 1.165) is 26.2 Å². The van der Waals surface area contributed by atoms with Crippen LogP contribution in [0.3, 0.4) is 0 Å². The summed E-state index contributed by atoms with van der Waals surface area (Å²) in [6.45, 7) is 12.2. The lowest BCUT2D eigenvalue weighted by atomic mass is 10.1. The Morgan fingerprint density at radius 3 is 2.95 bits per heavy atom. The van der Waals surface area contributed by atoms with Crippen LogP contribution < -0.4 is 10.2 Å². The molecule has 1 aromatic heterocycles. The quantitative estimate of drug-likeness (QED) is 0.902. The Labute approximate surface area is 129 Å². The third-order valence-corrected chi connectivity index (χ3v) is 4.11. The third kappa shape index (κ3) is 4.68. The molecule has 0 bridgehead atoms. The lowest BCUT2D eigenvalue weighted by Crippen LogP contribution is -2.38. The minimum atomic E-state index is 0.533. The standard InChI is InChI=1S/C17H30N4/c1-14(2)10-19-11-16-6-7-18-12-17(16)21-9-5-8-20(4)13-15(21)3/h6-7,12,14-15,19H,5,8-11,13H2,1-4H3. The molecule has 1 atom stereocenters. The first-order valence-corrected chi connectivity index (χ1v) is 8.16. The van der Waals surface area contributed by atoms with E-state index in [9.17, 15) is 0 Å². The highest BCUT2D eigenvalue weighted by Gasteiger charge is 2.21. The Bertz CT molecular complexity index is 433. The second-order valence-corrected chi connectivity index (χ2v) is 6.69. The number of nitrogens with one attached hydrogen (secondary N) is 1. The molecule has 0 aromatic carbocycles. The highest BCUT2D eigenvalue weighted by atomic mass is 15.2.